The highest BCUT2D eigenvalue weighted by molar-refractivity contribution is 14.0. The van der Waals surface area contributed by atoms with Gasteiger partial charge in [0.05, 0.1) is 5.75 Å². The van der Waals surface area contributed by atoms with Crippen molar-refractivity contribution < 1.29 is 8.42 Å². The lowest BCUT2D eigenvalue weighted by molar-refractivity contribution is 0.581. The number of pyridine rings is 1. The summed E-state index contributed by atoms with van der Waals surface area (Å²) in [5.74, 6) is 0.854. The summed E-state index contributed by atoms with van der Waals surface area (Å²) in [6, 6.07) is 3.72. The van der Waals surface area contributed by atoms with Gasteiger partial charge < -0.3 is 10.6 Å². The van der Waals surface area contributed by atoms with E-state index in [0.29, 0.717) is 24.1 Å². The maximum absolute atomic E-state index is 11.2. The number of guanidine groups is 1. The Bertz CT molecular complexity index is 608. The van der Waals surface area contributed by atoms with Crippen LogP contribution in [0.1, 0.15) is 25.8 Å². The standard InChI is InChI=1S/C15H25ClN4O2S.HI/c1-4-17-15(20-12(2)8-10-23(3,21)22)18-9-7-13-5-6-14(16)19-11-13;/h5-6,11-12H,4,7-10H2,1-3H3,(H2,17,18,20);1H. The maximum Gasteiger partial charge on any atom is 0.191 e. The molecular weight excluding hydrogens is 463 g/mol. The quantitative estimate of drug-likeness (QED) is 0.254. The molecule has 0 bridgehead atoms. The Balaban J connectivity index is 0.00000529. The highest BCUT2D eigenvalue weighted by Gasteiger charge is 2.09. The van der Waals surface area contributed by atoms with E-state index in [-0.39, 0.29) is 35.8 Å². The Morgan fingerprint density at radius 1 is 1.42 bits per heavy atom. The third-order valence-electron chi connectivity index (χ3n) is 3.11. The van der Waals surface area contributed by atoms with Crippen molar-refractivity contribution in [2.75, 3.05) is 25.1 Å². The molecule has 1 heterocycles. The normalized spacial score (nSPS) is 13.1. The molecule has 0 aliphatic carbocycles. The molecule has 2 N–H and O–H groups in total. The molecule has 138 valence electrons. The van der Waals surface area contributed by atoms with Gasteiger partial charge in [0.2, 0.25) is 0 Å². The SMILES string of the molecule is CCNC(=NCCc1ccc(Cl)nc1)NC(C)CCS(C)(=O)=O.I. The van der Waals surface area contributed by atoms with E-state index in [1.165, 1.54) is 6.26 Å². The number of hydrogen-bond acceptors (Lipinski definition) is 4. The van der Waals surface area contributed by atoms with Crippen LogP contribution in [0.15, 0.2) is 23.3 Å². The van der Waals surface area contributed by atoms with E-state index in [1.54, 1.807) is 12.3 Å². The molecule has 0 aromatic carbocycles. The lowest BCUT2D eigenvalue weighted by Gasteiger charge is -2.17. The zero-order chi connectivity index (χ0) is 17.3. The number of halogens is 2. The molecule has 1 rings (SSSR count). The van der Waals surface area contributed by atoms with Crippen LogP contribution in [-0.2, 0) is 16.3 Å². The lowest BCUT2D eigenvalue weighted by atomic mass is 10.2. The summed E-state index contributed by atoms with van der Waals surface area (Å²) in [6.07, 6.45) is 4.30. The van der Waals surface area contributed by atoms with Crippen LogP contribution < -0.4 is 10.6 Å². The molecule has 9 heteroatoms. The summed E-state index contributed by atoms with van der Waals surface area (Å²) >= 11 is 5.75. The van der Waals surface area contributed by atoms with Crippen molar-refractivity contribution in [3.63, 3.8) is 0 Å². The summed E-state index contributed by atoms with van der Waals surface area (Å²) in [4.78, 5) is 8.54. The second-order valence-corrected chi connectivity index (χ2v) is 8.11. The van der Waals surface area contributed by atoms with Gasteiger partial charge in [-0.2, -0.15) is 0 Å². The minimum Gasteiger partial charge on any atom is -0.357 e. The van der Waals surface area contributed by atoms with Gasteiger partial charge in [-0.3, -0.25) is 4.99 Å². The fourth-order valence-electron chi connectivity index (χ4n) is 1.87. The summed E-state index contributed by atoms with van der Waals surface area (Å²) < 4.78 is 22.4. The van der Waals surface area contributed by atoms with Gasteiger partial charge in [-0.25, -0.2) is 13.4 Å². The van der Waals surface area contributed by atoms with Crippen molar-refractivity contribution >= 4 is 51.4 Å². The van der Waals surface area contributed by atoms with Crippen LogP contribution >= 0.6 is 35.6 Å². The zero-order valence-corrected chi connectivity index (χ0v) is 18.2. The van der Waals surface area contributed by atoms with Gasteiger partial charge in [0.25, 0.3) is 0 Å². The summed E-state index contributed by atoms with van der Waals surface area (Å²) in [5.41, 5.74) is 1.07. The zero-order valence-electron chi connectivity index (χ0n) is 14.3. The topological polar surface area (TPSA) is 83.4 Å². The van der Waals surface area contributed by atoms with Crippen molar-refractivity contribution in [3.8, 4) is 0 Å². The Labute approximate surface area is 166 Å². The third-order valence-corrected chi connectivity index (χ3v) is 4.31. The van der Waals surface area contributed by atoms with Crippen LogP contribution in [0.2, 0.25) is 5.15 Å². The van der Waals surface area contributed by atoms with Crippen molar-refractivity contribution in [2.45, 2.75) is 32.7 Å². The summed E-state index contributed by atoms with van der Waals surface area (Å²) in [6.45, 7) is 5.28. The highest BCUT2D eigenvalue weighted by atomic mass is 127. The number of nitrogens with zero attached hydrogens (tertiary/aromatic N) is 2. The molecule has 0 saturated heterocycles. The molecule has 0 amide bonds. The Morgan fingerprint density at radius 3 is 2.67 bits per heavy atom. The van der Waals surface area contributed by atoms with Crippen molar-refractivity contribution in [2.24, 2.45) is 4.99 Å². The minimum atomic E-state index is -2.94. The van der Waals surface area contributed by atoms with Gasteiger partial charge in [-0.1, -0.05) is 17.7 Å². The minimum absolute atomic E-state index is 0. The van der Waals surface area contributed by atoms with Crippen LogP contribution in [0.3, 0.4) is 0 Å². The Kier molecular flexibility index (Phi) is 11.6. The molecule has 1 unspecified atom stereocenters. The van der Waals surface area contributed by atoms with E-state index in [9.17, 15) is 8.42 Å². The molecular formula is C15H26ClIN4O2S. The van der Waals surface area contributed by atoms with Crippen molar-refractivity contribution in [1.29, 1.82) is 0 Å². The third kappa shape index (κ3) is 11.0. The Morgan fingerprint density at radius 2 is 2.12 bits per heavy atom. The lowest BCUT2D eigenvalue weighted by Crippen LogP contribution is -2.43. The number of aliphatic imine (C=N–C) groups is 1. The van der Waals surface area contributed by atoms with Crippen molar-refractivity contribution in [1.82, 2.24) is 15.6 Å². The summed E-state index contributed by atoms with van der Waals surface area (Å²) in [7, 11) is -2.94. The average Bonchev–Trinajstić information content (AvgIpc) is 2.47. The van der Waals surface area contributed by atoms with E-state index in [2.05, 4.69) is 20.6 Å². The number of aromatic nitrogens is 1. The smallest absolute Gasteiger partial charge is 0.191 e. The van der Waals surface area contributed by atoms with Gasteiger partial charge in [-0.05, 0) is 38.3 Å². The van der Waals surface area contributed by atoms with Crippen LogP contribution in [0.4, 0.5) is 0 Å². The molecule has 0 radical (unpaired) electrons. The predicted octanol–water partition coefficient (Wildman–Crippen LogP) is 2.27. The predicted molar refractivity (Wildman–Crippen MR) is 111 cm³/mol. The molecule has 0 fully saturated rings. The first-order valence-electron chi connectivity index (χ1n) is 7.63. The van der Waals surface area contributed by atoms with E-state index in [4.69, 9.17) is 11.6 Å². The molecule has 1 aromatic rings. The number of sulfone groups is 1. The van der Waals surface area contributed by atoms with Crippen LogP contribution in [0.5, 0.6) is 0 Å². The fraction of sp³-hybridized carbons (Fsp3) is 0.600. The van der Waals surface area contributed by atoms with Crippen LogP contribution in [-0.4, -0.2) is 50.5 Å². The van der Waals surface area contributed by atoms with E-state index in [0.717, 1.165) is 18.5 Å². The van der Waals surface area contributed by atoms with Gasteiger partial charge >= 0.3 is 0 Å². The molecule has 0 spiro atoms. The first-order chi connectivity index (χ1) is 10.8. The van der Waals surface area contributed by atoms with Crippen molar-refractivity contribution in [3.05, 3.63) is 29.0 Å². The molecule has 6 nitrogen and oxygen atoms in total. The molecule has 0 aliphatic heterocycles. The van der Waals surface area contributed by atoms with Gasteiger partial charge in [-0.15, -0.1) is 24.0 Å². The van der Waals surface area contributed by atoms with Gasteiger partial charge in [0.15, 0.2) is 5.96 Å². The number of hydrogen-bond donors (Lipinski definition) is 2. The van der Waals surface area contributed by atoms with E-state index in [1.807, 2.05) is 19.9 Å². The first kappa shape index (κ1) is 23.4. The molecule has 1 aromatic heterocycles. The average molecular weight is 489 g/mol. The summed E-state index contributed by atoms with van der Waals surface area (Å²) in [5, 5.41) is 6.86. The fourth-order valence-corrected chi connectivity index (χ4v) is 2.76. The molecule has 24 heavy (non-hydrogen) atoms. The van der Waals surface area contributed by atoms with Gasteiger partial charge in [0.1, 0.15) is 15.0 Å². The van der Waals surface area contributed by atoms with Crippen LogP contribution in [0, 0.1) is 0 Å². The largest absolute Gasteiger partial charge is 0.357 e. The first-order valence-corrected chi connectivity index (χ1v) is 10.1. The van der Waals surface area contributed by atoms with E-state index >= 15 is 0 Å². The second-order valence-electron chi connectivity index (χ2n) is 5.46. The highest BCUT2D eigenvalue weighted by Crippen LogP contribution is 2.05. The second kappa shape index (κ2) is 11.9. The molecule has 1 atom stereocenters. The molecule has 0 aliphatic rings. The Hall–Kier alpha value is -0.610. The molecule has 0 saturated carbocycles. The monoisotopic (exact) mass is 488 g/mol. The van der Waals surface area contributed by atoms with Gasteiger partial charge in [0, 0.05) is 31.6 Å². The van der Waals surface area contributed by atoms with E-state index < -0.39 is 9.84 Å². The number of nitrogens with one attached hydrogen (secondary N) is 2. The maximum atomic E-state index is 11.2. The van der Waals surface area contributed by atoms with Crippen LogP contribution in [0.25, 0.3) is 0 Å². The number of rotatable bonds is 8.